The molecular weight excluding hydrogens is 338 g/mol. The number of aromatic nitrogens is 2. The molecule has 1 aromatic heterocycles. The van der Waals surface area contributed by atoms with Gasteiger partial charge in [-0.3, -0.25) is 4.79 Å². The third-order valence-electron chi connectivity index (χ3n) is 4.51. The van der Waals surface area contributed by atoms with Crippen LogP contribution < -0.4 is 5.32 Å². The molecule has 1 amide bonds. The summed E-state index contributed by atoms with van der Waals surface area (Å²) in [4.78, 5) is 16.6. The maximum absolute atomic E-state index is 12.0. The van der Waals surface area contributed by atoms with Crippen molar-refractivity contribution in [2.24, 2.45) is 0 Å². The van der Waals surface area contributed by atoms with Gasteiger partial charge in [0.25, 0.3) is 0 Å². The summed E-state index contributed by atoms with van der Waals surface area (Å²) in [5.74, 6) is 0.777. The van der Waals surface area contributed by atoms with Crippen LogP contribution in [-0.4, -0.2) is 16.0 Å². The van der Waals surface area contributed by atoms with Gasteiger partial charge >= 0.3 is 0 Å². The minimum Gasteiger partial charge on any atom is -0.339 e. The number of nitrogens with one attached hydrogen (secondary N) is 1. The molecule has 1 aliphatic heterocycles. The topological polar surface area (TPSA) is 68.0 Å². The summed E-state index contributed by atoms with van der Waals surface area (Å²) in [6.45, 7) is 2.01. The molecule has 126 valence electrons. The molecule has 6 heteroatoms. The van der Waals surface area contributed by atoms with Gasteiger partial charge in [0.05, 0.1) is 5.92 Å². The maximum atomic E-state index is 12.0. The summed E-state index contributed by atoms with van der Waals surface area (Å²) in [6.07, 6.45) is 0.300. The predicted molar refractivity (Wildman–Crippen MR) is 94.8 cm³/mol. The average molecular weight is 354 g/mol. The molecule has 2 unspecified atom stereocenters. The molecule has 0 bridgehead atoms. The molecule has 0 fully saturated rings. The van der Waals surface area contributed by atoms with Gasteiger partial charge in [-0.1, -0.05) is 54.0 Å². The van der Waals surface area contributed by atoms with Crippen molar-refractivity contribution >= 4 is 23.2 Å². The lowest BCUT2D eigenvalue weighted by atomic mass is 9.90. The van der Waals surface area contributed by atoms with Gasteiger partial charge in [0.2, 0.25) is 11.8 Å². The number of hydrogen-bond acceptors (Lipinski definition) is 4. The Morgan fingerprint density at radius 2 is 1.96 bits per heavy atom. The Bertz CT molecular complexity index is 920. The van der Waals surface area contributed by atoms with E-state index in [0.29, 0.717) is 23.2 Å². The van der Waals surface area contributed by atoms with Crippen molar-refractivity contribution in [2.75, 3.05) is 5.32 Å². The Kier molecular flexibility index (Phi) is 4.01. The van der Waals surface area contributed by atoms with Crippen LogP contribution in [0.4, 0.5) is 5.69 Å². The number of rotatable bonds is 3. The first-order chi connectivity index (χ1) is 12.1. The summed E-state index contributed by atoms with van der Waals surface area (Å²) in [7, 11) is 0. The van der Waals surface area contributed by atoms with Gasteiger partial charge in [-0.25, -0.2) is 0 Å². The molecule has 0 aliphatic carbocycles. The Morgan fingerprint density at radius 1 is 1.20 bits per heavy atom. The van der Waals surface area contributed by atoms with E-state index in [1.54, 1.807) is 0 Å². The number of halogens is 1. The molecule has 1 N–H and O–H groups in total. The Morgan fingerprint density at radius 3 is 2.76 bits per heavy atom. The van der Waals surface area contributed by atoms with Crippen LogP contribution in [0.25, 0.3) is 0 Å². The Balaban J connectivity index is 1.65. The molecule has 1 aliphatic rings. The number of para-hydroxylation sites is 1. The van der Waals surface area contributed by atoms with Crippen LogP contribution in [-0.2, 0) is 4.79 Å². The SMILES string of the molecule is CC(c1ccc(Cl)cc1)c1noc(C2CC(=O)Nc3ccccc32)n1. The molecule has 2 heterocycles. The van der Waals surface area contributed by atoms with E-state index in [0.717, 1.165) is 16.8 Å². The van der Waals surface area contributed by atoms with Gasteiger partial charge in [-0.2, -0.15) is 4.98 Å². The summed E-state index contributed by atoms with van der Waals surface area (Å²) in [6, 6.07) is 15.3. The second kappa shape index (κ2) is 6.33. The smallest absolute Gasteiger partial charge is 0.234 e. The lowest BCUT2D eigenvalue weighted by molar-refractivity contribution is -0.116. The molecule has 0 saturated heterocycles. The quantitative estimate of drug-likeness (QED) is 0.760. The maximum Gasteiger partial charge on any atom is 0.234 e. The number of benzene rings is 2. The van der Waals surface area contributed by atoms with E-state index in [9.17, 15) is 4.79 Å². The van der Waals surface area contributed by atoms with E-state index in [-0.39, 0.29) is 17.7 Å². The standard InChI is InChI=1S/C19H16ClN3O2/c1-11(12-6-8-13(20)9-7-12)18-22-19(25-23-18)15-10-17(24)21-16-5-3-2-4-14(15)16/h2-9,11,15H,10H2,1H3,(H,21,24). The molecule has 0 spiro atoms. The molecule has 2 atom stereocenters. The van der Waals surface area contributed by atoms with Crippen molar-refractivity contribution < 1.29 is 9.32 Å². The number of anilines is 1. The van der Waals surface area contributed by atoms with Crippen LogP contribution in [0.15, 0.2) is 53.1 Å². The molecule has 0 radical (unpaired) electrons. The second-order valence-corrected chi connectivity index (χ2v) is 6.59. The fraction of sp³-hybridized carbons (Fsp3) is 0.211. The highest BCUT2D eigenvalue weighted by atomic mass is 35.5. The van der Waals surface area contributed by atoms with Crippen LogP contribution in [0.1, 0.15) is 48.0 Å². The van der Waals surface area contributed by atoms with E-state index in [1.165, 1.54) is 0 Å². The van der Waals surface area contributed by atoms with Gasteiger partial charge < -0.3 is 9.84 Å². The van der Waals surface area contributed by atoms with Crippen molar-refractivity contribution in [3.63, 3.8) is 0 Å². The van der Waals surface area contributed by atoms with Crippen LogP contribution in [0.2, 0.25) is 5.02 Å². The highest BCUT2D eigenvalue weighted by Crippen LogP contribution is 2.36. The van der Waals surface area contributed by atoms with Gasteiger partial charge in [0.1, 0.15) is 0 Å². The van der Waals surface area contributed by atoms with Crippen molar-refractivity contribution in [3.8, 4) is 0 Å². The van der Waals surface area contributed by atoms with Crippen molar-refractivity contribution in [2.45, 2.75) is 25.2 Å². The second-order valence-electron chi connectivity index (χ2n) is 6.16. The highest BCUT2D eigenvalue weighted by Gasteiger charge is 2.31. The van der Waals surface area contributed by atoms with Crippen molar-refractivity contribution in [1.82, 2.24) is 10.1 Å². The molecule has 3 aromatic rings. The van der Waals surface area contributed by atoms with E-state index < -0.39 is 0 Å². The summed E-state index contributed by atoms with van der Waals surface area (Å²) in [5, 5.41) is 7.71. The highest BCUT2D eigenvalue weighted by molar-refractivity contribution is 6.30. The lowest BCUT2D eigenvalue weighted by Gasteiger charge is -2.22. The van der Waals surface area contributed by atoms with E-state index in [2.05, 4.69) is 15.5 Å². The molecular formula is C19H16ClN3O2. The van der Waals surface area contributed by atoms with Gasteiger partial charge in [0, 0.05) is 23.0 Å². The molecule has 4 rings (SSSR count). The summed E-state index contributed by atoms with van der Waals surface area (Å²) < 4.78 is 5.51. The summed E-state index contributed by atoms with van der Waals surface area (Å²) >= 11 is 5.94. The number of fused-ring (bicyclic) bond motifs is 1. The number of carbonyl (C=O) groups excluding carboxylic acids is 1. The van der Waals surface area contributed by atoms with Crippen molar-refractivity contribution in [1.29, 1.82) is 0 Å². The number of nitrogens with zero attached hydrogens (tertiary/aromatic N) is 2. The largest absolute Gasteiger partial charge is 0.339 e. The third kappa shape index (κ3) is 3.03. The Hall–Kier alpha value is -2.66. The zero-order valence-electron chi connectivity index (χ0n) is 13.6. The van der Waals surface area contributed by atoms with Gasteiger partial charge in [-0.15, -0.1) is 0 Å². The zero-order valence-corrected chi connectivity index (χ0v) is 14.3. The minimum absolute atomic E-state index is 0.0255. The first kappa shape index (κ1) is 15.8. The van der Waals surface area contributed by atoms with Crippen LogP contribution >= 0.6 is 11.6 Å². The molecule has 0 saturated carbocycles. The number of carbonyl (C=O) groups is 1. The molecule has 25 heavy (non-hydrogen) atoms. The fourth-order valence-electron chi connectivity index (χ4n) is 3.10. The van der Waals surface area contributed by atoms with Crippen LogP contribution in [0, 0.1) is 0 Å². The third-order valence-corrected chi connectivity index (χ3v) is 4.76. The first-order valence-corrected chi connectivity index (χ1v) is 8.47. The average Bonchev–Trinajstić information content (AvgIpc) is 3.11. The number of amides is 1. The zero-order chi connectivity index (χ0) is 17.4. The predicted octanol–water partition coefficient (Wildman–Crippen LogP) is 4.35. The minimum atomic E-state index is -0.219. The fourth-order valence-corrected chi connectivity index (χ4v) is 3.22. The monoisotopic (exact) mass is 353 g/mol. The van der Waals surface area contributed by atoms with Crippen LogP contribution in [0.3, 0.4) is 0 Å². The normalized spacial score (nSPS) is 17.7. The Labute approximate surface area is 150 Å². The molecule has 2 aromatic carbocycles. The van der Waals surface area contributed by atoms with Crippen LogP contribution in [0.5, 0.6) is 0 Å². The van der Waals surface area contributed by atoms with Gasteiger partial charge in [-0.05, 0) is 29.3 Å². The van der Waals surface area contributed by atoms with Crippen molar-refractivity contribution in [3.05, 3.63) is 76.4 Å². The van der Waals surface area contributed by atoms with E-state index in [4.69, 9.17) is 16.1 Å². The lowest BCUT2D eigenvalue weighted by Crippen LogP contribution is -2.23. The number of hydrogen-bond donors (Lipinski definition) is 1. The first-order valence-electron chi connectivity index (χ1n) is 8.09. The van der Waals surface area contributed by atoms with E-state index in [1.807, 2.05) is 55.5 Å². The summed E-state index contributed by atoms with van der Waals surface area (Å²) in [5.41, 5.74) is 2.85. The molecule has 5 nitrogen and oxygen atoms in total. The van der Waals surface area contributed by atoms with Gasteiger partial charge in [0.15, 0.2) is 5.82 Å². The van der Waals surface area contributed by atoms with E-state index >= 15 is 0 Å².